The fraction of sp³-hybridized carbons (Fsp3) is 0.458. The summed E-state index contributed by atoms with van der Waals surface area (Å²) in [5.41, 5.74) is 1.95. The van der Waals surface area contributed by atoms with Gasteiger partial charge >= 0.3 is 0 Å². The Labute approximate surface area is 172 Å². The number of benzene rings is 1. The van der Waals surface area contributed by atoms with E-state index in [1.165, 1.54) is 5.56 Å². The molecular formula is C24H28N2O3. The summed E-state index contributed by atoms with van der Waals surface area (Å²) in [5, 5.41) is 11.1. The quantitative estimate of drug-likeness (QED) is 0.605. The Balaban J connectivity index is 1.60. The third kappa shape index (κ3) is 4.79. The van der Waals surface area contributed by atoms with Crippen molar-refractivity contribution >= 4 is 0 Å². The van der Waals surface area contributed by atoms with E-state index in [1.807, 2.05) is 30.3 Å². The number of pyridine rings is 1. The highest BCUT2D eigenvalue weighted by atomic mass is 16.5. The molecule has 0 radical (unpaired) electrons. The number of fused-ring (bicyclic) bond motifs is 3. The lowest BCUT2D eigenvalue weighted by molar-refractivity contribution is -0.0713. The minimum absolute atomic E-state index is 0.266. The molecule has 5 heteroatoms. The van der Waals surface area contributed by atoms with E-state index in [0.717, 1.165) is 37.2 Å². The third-order valence-corrected chi connectivity index (χ3v) is 5.84. The van der Waals surface area contributed by atoms with E-state index < -0.39 is 5.60 Å². The van der Waals surface area contributed by atoms with Gasteiger partial charge in [0, 0.05) is 37.6 Å². The molecule has 0 spiro atoms. The topological polar surface area (TPSA) is 54.8 Å². The van der Waals surface area contributed by atoms with Gasteiger partial charge in [-0.1, -0.05) is 42.2 Å². The zero-order chi connectivity index (χ0) is 20.1. The van der Waals surface area contributed by atoms with E-state index in [1.54, 1.807) is 7.11 Å². The monoisotopic (exact) mass is 392 g/mol. The van der Waals surface area contributed by atoms with Gasteiger partial charge in [0.05, 0.1) is 12.3 Å². The Bertz CT molecular complexity index is 882. The number of nitrogens with zero attached hydrogens (tertiary/aromatic N) is 2. The first-order valence-electron chi connectivity index (χ1n) is 10.3. The molecule has 2 aromatic rings. The molecule has 0 amide bonds. The molecule has 5 nitrogen and oxygen atoms in total. The summed E-state index contributed by atoms with van der Waals surface area (Å²) in [6.07, 6.45) is 2.71. The Morgan fingerprint density at radius 3 is 2.62 bits per heavy atom. The Morgan fingerprint density at radius 1 is 1.14 bits per heavy atom. The highest BCUT2D eigenvalue weighted by molar-refractivity contribution is 5.44. The van der Waals surface area contributed by atoms with Crippen LogP contribution in [0.25, 0.3) is 0 Å². The van der Waals surface area contributed by atoms with Crippen molar-refractivity contribution in [2.75, 3.05) is 40.0 Å². The molecule has 3 saturated heterocycles. The average Bonchev–Trinajstić information content (AvgIpc) is 2.75. The van der Waals surface area contributed by atoms with Crippen LogP contribution >= 0.6 is 0 Å². The molecule has 0 aliphatic carbocycles. The number of aliphatic hydroxyl groups is 1. The molecule has 4 heterocycles. The summed E-state index contributed by atoms with van der Waals surface area (Å²) in [5.74, 6) is 7.30. The largest absolute Gasteiger partial charge is 0.475 e. The van der Waals surface area contributed by atoms with Gasteiger partial charge in [-0.3, -0.25) is 4.90 Å². The van der Waals surface area contributed by atoms with Crippen LogP contribution in [0.4, 0.5) is 0 Å². The lowest BCUT2D eigenvalue weighted by Gasteiger charge is -2.47. The lowest BCUT2D eigenvalue weighted by atomic mass is 9.75. The molecule has 29 heavy (non-hydrogen) atoms. The number of piperidine rings is 3. The smallest absolute Gasteiger partial charge is 0.213 e. The van der Waals surface area contributed by atoms with Crippen molar-refractivity contribution in [1.82, 2.24) is 9.88 Å². The van der Waals surface area contributed by atoms with Crippen LogP contribution in [0.1, 0.15) is 29.7 Å². The molecule has 0 unspecified atom stereocenters. The molecule has 1 atom stereocenters. The van der Waals surface area contributed by atoms with E-state index in [0.29, 0.717) is 32.1 Å². The molecule has 1 aromatic heterocycles. The van der Waals surface area contributed by atoms with E-state index in [2.05, 4.69) is 28.9 Å². The summed E-state index contributed by atoms with van der Waals surface area (Å²) >= 11 is 0. The van der Waals surface area contributed by atoms with Crippen LogP contribution in [-0.2, 0) is 11.2 Å². The van der Waals surface area contributed by atoms with Gasteiger partial charge in [-0.05, 0) is 37.6 Å². The molecule has 2 bridgehead atoms. The van der Waals surface area contributed by atoms with E-state index in [4.69, 9.17) is 14.5 Å². The maximum Gasteiger partial charge on any atom is 0.213 e. The standard InChI is InChI=1S/C24H28N2O3/c1-28-15-16-29-23-8-7-20(22(25-23)17-19-5-3-2-4-6-19)9-12-24(27)18-26-13-10-21(24)11-14-26/h2-8,21,27H,10-11,13-18H2,1H3/t24-/m1/s1. The molecule has 5 rings (SSSR count). The summed E-state index contributed by atoms with van der Waals surface area (Å²) in [7, 11) is 1.65. The second-order valence-corrected chi connectivity index (χ2v) is 7.87. The number of rotatable bonds is 6. The van der Waals surface area contributed by atoms with Gasteiger partial charge in [-0.2, -0.15) is 0 Å². The van der Waals surface area contributed by atoms with Crippen molar-refractivity contribution in [1.29, 1.82) is 0 Å². The molecule has 3 aliphatic heterocycles. The lowest BCUT2D eigenvalue weighted by Crippen LogP contribution is -2.58. The highest BCUT2D eigenvalue weighted by Crippen LogP contribution is 2.35. The number of hydrogen-bond donors (Lipinski definition) is 1. The van der Waals surface area contributed by atoms with Crippen molar-refractivity contribution in [2.24, 2.45) is 5.92 Å². The molecule has 3 fully saturated rings. The SMILES string of the molecule is COCCOc1ccc(C#C[C@@]2(O)CN3CCC2CC3)c(Cc2ccccc2)n1. The molecular weight excluding hydrogens is 364 g/mol. The fourth-order valence-electron chi connectivity index (χ4n) is 4.18. The second kappa shape index (κ2) is 8.96. The van der Waals surface area contributed by atoms with Crippen LogP contribution in [-0.4, -0.2) is 60.5 Å². The first-order valence-corrected chi connectivity index (χ1v) is 10.3. The zero-order valence-corrected chi connectivity index (χ0v) is 16.9. The number of ether oxygens (including phenoxy) is 2. The Hall–Kier alpha value is -2.39. The summed E-state index contributed by atoms with van der Waals surface area (Å²) in [4.78, 5) is 7.01. The summed E-state index contributed by atoms with van der Waals surface area (Å²) in [6.45, 7) is 3.76. The zero-order valence-electron chi connectivity index (χ0n) is 16.9. The van der Waals surface area contributed by atoms with Crippen molar-refractivity contribution in [3.8, 4) is 17.7 Å². The normalized spacial score (nSPS) is 25.3. The van der Waals surface area contributed by atoms with Crippen LogP contribution in [0.3, 0.4) is 0 Å². The molecule has 1 N–H and O–H groups in total. The van der Waals surface area contributed by atoms with Crippen LogP contribution in [0.5, 0.6) is 5.88 Å². The minimum Gasteiger partial charge on any atom is -0.475 e. The van der Waals surface area contributed by atoms with Crippen LogP contribution in [0.2, 0.25) is 0 Å². The average molecular weight is 392 g/mol. The van der Waals surface area contributed by atoms with Crippen LogP contribution < -0.4 is 4.74 Å². The number of aromatic nitrogens is 1. The van der Waals surface area contributed by atoms with Crippen molar-refractivity contribution in [2.45, 2.75) is 24.9 Å². The maximum atomic E-state index is 11.1. The van der Waals surface area contributed by atoms with E-state index >= 15 is 0 Å². The van der Waals surface area contributed by atoms with Gasteiger partial charge in [0.25, 0.3) is 0 Å². The van der Waals surface area contributed by atoms with Gasteiger partial charge < -0.3 is 14.6 Å². The van der Waals surface area contributed by atoms with Gasteiger partial charge in [-0.25, -0.2) is 4.98 Å². The summed E-state index contributed by atoms with van der Waals surface area (Å²) < 4.78 is 10.7. The first-order chi connectivity index (χ1) is 14.2. The third-order valence-electron chi connectivity index (χ3n) is 5.84. The van der Waals surface area contributed by atoms with Gasteiger partial charge in [-0.15, -0.1) is 0 Å². The Morgan fingerprint density at radius 2 is 1.93 bits per heavy atom. The number of hydrogen-bond acceptors (Lipinski definition) is 5. The van der Waals surface area contributed by atoms with Gasteiger partial charge in [0.1, 0.15) is 12.2 Å². The first kappa shape index (κ1) is 19.9. The van der Waals surface area contributed by atoms with Gasteiger partial charge in [0.15, 0.2) is 0 Å². The van der Waals surface area contributed by atoms with Crippen LogP contribution in [0.15, 0.2) is 42.5 Å². The van der Waals surface area contributed by atoms with Gasteiger partial charge in [0.2, 0.25) is 5.88 Å². The van der Waals surface area contributed by atoms with Crippen LogP contribution in [0, 0.1) is 17.8 Å². The predicted molar refractivity (Wildman–Crippen MR) is 112 cm³/mol. The van der Waals surface area contributed by atoms with Crippen molar-refractivity contribution < 1.29 is 14.6 Å². The molecule has 1 aromatic carbocycles. The molecule has 3 aliphatic rings. The second-order valence-electron chi connectivity index (χ2n) is 7.87. The predicted octanol–water partition coefficient (Wildman–Crippen LogP) is 2.51. The fourth-order valence-corrected chi connectivity index (χ4v) is 4.18. The maximum absolute atomic E-state index is 11.1. The summed E-state index contributed by atoms with van der Waals surface area (Å²) in [6, 6.07) is 14.0. The van der Waals surface area contributed by atoms with Crippen molar-refractivity contribution in [3.63, 3.8) is 0 Å². The minimum atomic E-state index is -0.922. The molecule has 0 saturated carbocycles. The molecule has 152 valence electrons. The van der Waals surface area contributed by atoms with E-state index in [-0.39, 0.29) is 5.92 Å². The van der Waals surface area contributed by atoms with Crippen molar-refractivity contribution in [3.05, 3.63) is 59.3 Å². The highest BCUT2D eigenvalue weighted by Gasteiger charge is 2.44. The Kier molecular flexibility index (Phi) is 6.15. The number of methoxy groups -OCH3 is 1. The van der Waals surface area contributed by atoms with E-state index in [9.17, 15) is 5.11 Å².